The Morgan fingerprint density at radius 3 is 2.29 bits per heavy atom. The number of hydrogen-bond acceptors (Lipinski definition) is 6. The van der Waals surface area contributed by atoms with E-state index in [0.29, 0.717) is 37.4 Å². The van der Waals surface area contributed by atoms with Crippen LogP contribution in [0.1, 0.15) is 20.8 Å². The Kier molecular flexibility index (Phi) is 5.61. The second-order valence-electron chi connectivity index (χ2n) is 6.76. The zero-order chi connectivity index (χ0) is 17.9. The van der Waals surface area contributed by atoms with Gasteiger partial charge in [-0.15, -0.1) is 0 Å². The Balaban J connectivity index is 2.03. The third-order valence-corrected chi connectivity index (χ3v) is 3.77. The van der Waals surface area contributed by atoms with E-state index < -0.39 is 12.7 Å². The SMILES string of the molecule is COc1cc(B(O)O)ccc1N1CCN(C(=O)OC(C)(C)C)CC1. The van der Waals surface area contributed by atoms with Gasteiger partial charge in [0.2, 0.25) is 0 Å². The van der Waals surface area contributed by atoms with E-state index in [1.54, 1.807) is 30.2 Å². The molecule has 1 aliphatic heterocycles. The van der Waals surface area contributed by atoms with Crippen LogP contribution in [0.25, 0.3) is 0 Å². The molecule has 1 aliphatic rings. The van der Waals surface area contributed by atoms with Gasteiger partial charge in [0.05, 0.1) is 12.8 Å². The van der Waals surface area contributed by atoms with E-state index in [1.165, 1.54) is 0 Å². The molecule has 0 aliphatic carbocycles. The first-order chi connectivity index (χ1) is 11.2. The molecule has 1 saturated heterocycles. The lowest BCUT2D eigenvalue weighted by atomic mass is 9.80. The van der Waals surface area contributed by atoms with Crippen molar-refractivity contribution in [3.8, 4) is 5.75 Å². The van der Waals surface area contributed by atoms with Gasteiger partial charge in [-0.3, -0.25) is 0 Å². The van der Waals surface area contributed by atoms with Gasteiger partial charge in [-0.2, -0.15) is 0 Å². The van der Waals surface area contributed by atoms with E-state index in [2.05, 4.69) is 4.90 Å². The summed E-state index contributed by atoms with van der Waals surface area (Å²) >= 11 is 0. The molecule has 0 radical (unpaired) electrons. The van der Waals surface area contributed by atoms with E-state index in [0.717, 1.165) is 5.69 Å². The first-order valence-corrected chi connectivity index (χ1v) is 7.98. The van der Waals surface area contributed by atoms with Gasteiger partial charge in [0.25, 0.3) is 0 Å². The Hall–Kier alpha value is -1.93. The summed E-state index contributed by atoms with van der Waals surface area (Å²) in [7, 11) is 0.0144. The molecule has 0 spiro atoms. The number of anilines is 1. The number of nitrogens with zero attached hydrogens (tertiary/aromatic N) is 2. The largest absolute Gasteiger partial charge is 0.495 e. The molecule has 0 bridgehead atoms. The van der Waals surface area contributed by atoms with Crippen LogP contribution in [0, 0.1) is 0 Å². The summed E-state index contributed by atoms with van der Waals surface area (Å²) in [5.74, 6) is 0.575. The molecule has 0 aromatic heterocycles. The number of piperazine rings is 1. The van der Waals surface area contributed by atoms with Gasteiger partial charge in [-0.1, -0.05) is 6.07 Å². The Labute approximate surface area is 142 Å². The van der Waals surface area contributed by atoms with E-state index in [1.807, 2.05) is 20.8 Å². The van der Waals surface area contributed by atoms with Crippen molar-refractivity contribution in [3.05, 3.63) is 18.2 Å². The highest BCUT2D eigenvalue weighted by atomic mass is 16.6. The normalized spacial score (nSPS) is 15.2. The molecule has 2 N–H and O–H groups in total. The number of rotatable bonds is 3. The third kappa shape index (κ3) is 4.55. The fourth-order valence-corrected chi connectivity index (χ4v) is 2.57. The van der Waals surface area contributed by atoms with E-state index in [9.17, 15) is 14.8 Å². The third-order valence-electron chi connectivity index (χ3n) is 3.77. The quantitative estimate of drug-likeness (QED) is 0.779. The Morgan fingerprint density at radius 2 is 1.79 bits per heavy atom. The van der Waals surface area contributed by atoms with Crippen molar-refractivity contribution in [2.45, 2.75) is 26.4 Å². The second kappa shape index (κ2) is 7.31. The van der Waals surface area contributed by atoms with Gasteiger partial charge in [0, 0.05) is 26.2 Å². The first kappa shape index (κ1) is 18.4. The Bertz CT molecular complexity index is 580. The minimum absolute atomic E-state index is 0.298. The van der Waals surface area contributed by atoms with Crippen molar-refractivity contribution >= 4 is 24.4 Å². The van der Waals surface area contributed by atoms with Crippen LogP contribution in [0.2, 0.25) is 0 Å². The lowest BCUT2D eigenvalue weighted by Gasteiger charge is -2.37. The molecule has 24 heavy (non-hydrogen) atoms. The smallest absolute Gasteiger partial charge is 0.488 e. The van der Waals surface area contributed by atoms with Gasteiger partial charge in [-0.25, -0.2) is 4.79 Å². The summed E-state index contributed by atoms with van der Waals surface area (Å²) in [6.07, 6.45) is -0.298. The van der Waals surface area contributed by atoms with E-state index >= 15 is 0 Å². The Morgan fingerprint density at radius 1 is 1.17 bits per heavy atom. The van der Waals surface area contributed by atoms with E-state index in [-0.39, 0.29) is 6.09 Å². The number of methoxy groups -OCH3 is 1. The molecule has 1 aromatic carbocycles. The molecule has 0 unspecified atom stereocenters. The molecule has 7 nitrogen and oxygen atoms in total. The fraction of sp³-hybridized carbons (Fsp3) is 0.562. The van der Waals surface area contributed by atoms with Gasteiger partial charge < -0.3 is 29.3 Å². The molecule has 8 heteroatoms. The predicted molar refractivity (Wildman–Crippen MR) is 92.8 cm³/mol. The van der Waals surface area contributed by atoms with Gasteiger partial charge in [-0.05, 0) is 38.4 Å². The maximum atomic E-state index is 12.1. The van der Waals surface area contributed by atoms with Crippen molar-refractivity contribution in [1.82, 2.24) is 4.90 Å². The maximum absolute atomic E-state index is 12.1. The first-order valence-electron chi connectivity index (χ1n) is 7.98. The summed E-state index contributed by atoms with van der Waals surface area (Å²) in [5, 5.41) is 18.5. The average Bonchev–Trinajstić information content (AvgIpc) is 2.52. The highest BCUT2D eigenvalue weighted by Crippen LogP contribution is 2.28. The van der Waals surface area contributed by atoms with Crippen LogP contribution in [0.5, 0.6) is 5.75 Å². The molecular weight excluding hydrogens is 311 g/mol. The summed E-state index contributed by atoms with van der Waals surface area (Å²) in [5.41, 5.74) is 0.743. The van der Waals surface area contributed by atoms with Crippen molar-refractivity contribution in [1.29, 1.82) is 0 Å². The molecule has 1 aromatic rings. The van der Waals surface area contributed by atoms with E-state index in [4.69, 9.17) is 9.47 Å². The second-order valence-corrected chi connectivity index (χ2v) is 6.76. The molecule has 1 heterocycles. The lowest BCUT2D eigenvalue weighted by molar-refractivity contribution is 0.0240. The van der Waals surface area contributed by atoms with Crippen LogP contribution in [-0.4, -0.2) is 67.0 Å². The van der Waals surface area contributed by atoms with Gasteiger partial charge in [0.15, 0.2) is 0 Å². The summed E-state index contributed by atoms with van der Waals surface area (Å²) < 4.78 is 10.8. The van der Waals surface area contributed by atoms with Crippen LogP contribution >= 0.6 is 0 Å². The molecule has 132 valence electrons. The van der Waals surface area contributed by atoms with Gasteiger partial charge >= 0.3 is 13.2 Å². The number of ether oxygens (including phenoxy) is 2. The maximum Gasteiger partial charge on any atom is 0.488 e. The lowest BCUT2D eigenvalue weighted by Crippen LogP contribution is -2.50. The van der Waals surface area contributed by atoms with Crippen molar-refractivity contribution < 1.29 is 24.3 Å². The van der Waals surface area contributed by atoms with Crippen molar-refractivity contribution in [2.24, 2.45) is 0 Å². The zero-order valence-corrected chi connectivity index (χ0v) is 14.7. The minimum atomic E-state index is -1.53. The van der Waals surface area contributed by atoms with Crippen molar-refractivity contribution in [2.75, 3.05) is 38.2 Å². The number of benzene rings is 1. The number of amides is 1. The van der Waals surface area contributed by atoms with Crippen molar-refractivity contribution in [3.63, 3.8) is 0 Å². The molecular formula is C16H25BN2O5. The van der Waals surface area contributed by atoms with Gasteiger partial charge in [0.1, 0.15) is 11.4 Å². The highest BCUT2D eigenvalue weighted by Gasteiger charge is 2.27. The summed E-state index contributed by atoms with van der Waals surface area (Å²) in [6.45, 7) is 7.97. The fourth-order valence-electron chi connectivity index (χ4n) is 2.57. The number of carbonyl (C=O) groups excluding carboxylic acids is 1. The molecule has 0 atom stereocenters. The predicted octanol–water partition coefficient (Wildman–Crippen LogP) is 0.432. The number of carbonyl (C=O) groups is 1. The number of hydrogen-bond donors (Lipinski definition) is 2. The zero-order valence-electron chi connectivity index (χ0n) is 14.7. The topological polar surface area (TPSA) is 82.5 Å². The standard InChI is InChI=1S/C16H25BN2O5/c1-16(2,3)24-15(20)19-9-7-18(8-10-19)13-6-5-12(17(21)22)11-14(13)23-4/h5-6,11,21-22H,7-10H2,1-4H3. The van der Waals surface area contributed by atoms with Crippen LogP contribution in [0.15, 0.2) is 18.2 Å². The summed E-state index contributed by atoms with van der Waals surface area (Å²) in [6, 6.07) is 5.07. The van der Waals surface area contributed by atoms with Crippen LogP contribution in [0.3, 0.4) is 0 Å². The van der Waals surface area contributed by atoms with Crippen LogP contribution < -0.4 is 15.1 Å². The minimum Gasteiger partial charge on any atom is -0.495 e. The average molecular weight is 336 g/mol. The molecule has 0 saturated carbocycles. The van der Waals surface area contributed by atoms with Crippen LogP contribution in [0.4, 0.5) is 10.5 Å². The molecule has 1 amide bonds. The van der Waals surface area contributed by atoms with Crippen LogP contribution in [-0.2, 0) is 4.74 Å². The molecule has 1 fully saturated rings. The summed E-state index contributed by atoms with van der Waals surface area (Å²) in [4.78, 5) is 15.9. The monoisotopic (exact) mass is 336 g/mol. The highest BCUT2D eigenvalue weighted by molar-refractivity contribution is 6.58. The molecule has 2 rings (SSSR count).